The molecule has 19 heteroatoms. The third-order valence-electron chi connectivity index (χ3n) is 9.26. The summed E-state index contributed by atoms with van der Waals surface area (Å²) in [6.07, 6.45) is -24.7. The molecule has 286 valence electrons. The lowest BCUT2D eigenvalue weighted by molar-refractivity contribution is -0.360. The summed E-state index contributed by atoms with van der Waals surface area (Å²) >= 11 is 0. The van der Waals surface area contributed by atoms with Gasteiger partial charge in [-0.15, -0.1) is 0 Å². The van der Waals surface area contributed by atoms with Crippen LogP contribution in [0.15, 0.2) is 45.6 Å². The van der Waals surface area contributed by atoms with E-state index < -0.39 is 127 Å². The Hall–Kier alpha value is -3.67. The van der Waals surface area contributed by atoms with Gasteiger partial charge < -0.3 is 89.0 Å². The van der Waals surface area contributed by atoms with E-state index in [-0.39, 0.29) is 22.7 Å². The Morgan fingerprint density at radius 1 is 0.654 bits per heavy atom. The van der Waals surface area contributed by atoms with Gasteiger partial charge in [0.15, 0.2) is 24.4 Å². The molecular weight excluding hydrogens is 700 g/mol. The van der Waals surface area contributed by atoms with Crippen molar-refractivity contribution in [2.45, 2.75) is 106 Å². The predicted octanol–water partition coefficient (Wildman–Crippen LogP) is -2.54. The molecule has 0 radical (unpaired) electrons. The average Bonchev–Trinajstić information content (AvgIpc) is 3.10. The van der Waals surface area contributed by atoms with E-state index in [0.717, 1.165) is 12.1 Å². The van der Waals surface area contributed by atoms with Gasteiger partial charge in [-0.25, -0.2) is 0 Å². The van der Waals surface area contributed by atoms with Crippen molar-refractivity contribution < 1.29 is 89.0 Å². The van der Waals surface area contributed by atoms with E-state index in [4.69, 9.17) is 32.8 Å². The highest BCUT2D eigenvalue weighted by atomic mass is 16.8. The van der Waals surface area contributed by atoms with Crippen LogP contribution in [0.3, 0.4) is 0 Å². The molecule has 0 bridgehead atoms. The van der Waals surface area contributed by atoms with E-state index in [2.05, 4.69) is 0 Å². The van der Waals surface area contributed by atoms with Crippen molar-refractivity contribution in [1.82, 2.24) is 0 Å². The molecule has 19 nitrogen and oxygen atoms in total. The van der Waals surface area contributed by atoms with Crippen molar-refractivity contribution in [1.29, 1.82) is 0 Å². The number of benzene rings is 2. The lowest BCUT2D eigenvalue weighted by Crippen LogP contribution is -2.65. The maximum atomic E-state index is 14.0. The minimum absolute atomic E-state index is 0.138. The molecule has 3 unspecified atom stereocenters. The van der Waals surface area contributed by atoms with Crippen LogP contribution in [0.2, 0.25) is 0 Å². The number of hydrogen-bond donors (Lipinski definition) is 11. The number of aliphatic hydroxyl groups excluding tert-OH is 8. The van der Waals surface area contributed by atoms with Crippen LogP contribution in [-0.2, 0) is 23.7 Å². The Bertz CT molecular complexity index is 1760. The first kappa shape index (κ1) is 38.1. The second-order valence-electron chi connectivity index (χ2n) is 12.9. The van der Waals surface area contributed by atoms with Gasteiger partial charge in [0.25, 0.3) is 0 Å². The zero-order valence-electron chi connectivity index (χ0n) is 27.5. The van der Waals surface area contributed by atoms with E-state index in [0.29, 0.717) is 0 Å². The zero-order valence-corrected chi connectivity index (χ0v) is 27.5. The van der Waals surface area contributed by atoms with E-state index in [1.165, 1.54) is 38.1 Å². The molecule has 3 saturated heterocycles. The molecule has 3 aromatic rings. The number of phenols is 3. The summed E-state index contributed by atoms with van der Waals surface area (Å²) in [5, 5.41) is 115. The van der Waals surface area contributed by atoms with Gasteiger partial charge in [0, 0.05) is 17.7 Å². The highest BCUT2D eigenvalue weighted by molar-refractivity contribution is 5.88. The van der Waals surface area contributed by atoms with Crippen LogP contribution in [0.5, 0.6) is 23.0 Å². The fourth-order valence-corrected chi connectivity index (χ4v) is 6.20. The Labute approximate surface area is 293 Å². The number of aliphatic hydroxyl groups is 8. The topological polar surface area (TPSA) is 308 Å². The van der Waals surface area contributed by atoms with Crippen LogP contribution in [-0.4, -0.2) is 155 Å². The second kappa shape index (κ2) is 15.0. The Kier molecular flexibility index (Phi) is 11.0. The summed E-state index contributed by atoms with van der Waals surface area (Å²) in [4.78, 5) is 14.0. The minimum atomic E-state index is -2.00. The van der Waals surface area contributed by atoms with E-state index in [1.54, 1.807) is 0 Å². The molecule has 4 heterocycles. The predicted molar refractivity (Wildman–Crippen MR) is 170 cm³/mol. The van der Waals surface area contributed by atoms with Crippen LogP contribution in [0, 0.1) is 0 Å². The van der Waals surface area contributed by atoms with Crippen molar-refractivity contribution in [2.75, 3.05) is 6.61 Å². The third kappa shape index (κ3) is 7.16. The molecule has 3 aliphatic heterocycles. The minimum Gasteiger partial charge on any atom is -0.508 e. The molecule has 11 N–H and O–H groups in total. The molecule has 2 aromatic carbocycles. The number of ether oxygens (including phenoxy) is 6. The van der Waals surface area contributed by atoms with Gasteiger partial charge in [0.2, 0.25) is 17.5 Å². The molecule has 15 atom stereocenters. The summed E-state index contributed by atoms with van der Waals surface area (Å²) < 4.78 is 40.3. The van der Waals surface area contributed by atoms with Crippen molar-refractivity contribution in [3.63, 3.8) is 0 Å². The lowest BCUT2D eigenvalue weighted by atomic mass is 9.97. The van der Waals surface area contributed by atoms with Gasteiger partial charge in [-0.3, -0.25) is 4.79 Å². The fraction of sp³-hybridized carbons (Fsp3) is 0.545. The molecule has 52 heavy (non-hydrogen) atoms. The maximum absolute atomic E-state index is 14.0. The Balaban J connectivity index is 1.38. The van der Waals surface area contributed by atoms with E-state index >= 15 is 0 Å². The summed E-state index contributed by atoms with van der Waals surface area (Å²) in [6.45, 7) is 2.12. The number of fused-ring (bicyclic) bond motifs is 1. The largest absolute Gasteiger partial charge is 0.508 e. The average molecular weight is 741 g/mol. The van der Waals surface area contributed by atoms with E-state index in [1.807, 2.05) is 0 Å². The number of rotatable bonds is 8. The summed E-state index contributed by atoms with van der Waals surface area (Å²) in [5.74, 6) is -2.27. The Morgan fingerprint density at radius 3 is 1.88 bits per heavy atom. The first-order chi connectivity index (χ1) is 24.6. The number of phenolic OH excluding ortho intramolecular Hbond substituents is 3. The van der Waals surface area contributed by atoms with Crippen LogP contribution < -0.4 is 10.2 Å². The SMILES string of the molecule is C[C@H]1OC(OC[C@H]2OC(Oc3c(-c4ccc(O)cc4)oc4cc(O)cc(O)c4c3=O)[C@H](OC3O[C@H](C)[C@@H](O)[C@H](O)[C@@H]3O)[C@@H](O)[C@@H]2O)[C@@H](O)[C@@H](O)[C@@H]1O. The van der Waals surface area contributed by atoms with Crippen molar-refractivity contribution in [2.24, 2.45) is 0 Å². The second-order valence-corrected chi connectivity index (χ2v) is 12.9. The van der Waals surface area contributed by atoms with Crippen molar-refractivity contribution in [3.05, 3.63) is 46.6 Å². The van der Waals surface area contributed by atoms with Crippen molar-refractivity contribution >= 4 is 11.0 Å². The molecule has 1 aromatic heterocycles. The van der Waals surface area contributed by atoms with Crippen LogP contribution in [0.1, 0.15) is 13.8 Å². The molecule has 0 amide bonds. The van der Waals surface area contributed by atoms with Gasteiger partial charge in [-0.2, -0.15) is 0 Å². The van der Waals surface area contributed by atoms with Crippen molar-refractivity contribution in [3.8, 4) is 34.3 Å². The first-order valence-corrected chi connectivity index (χ1v) is 16.2. The first-order valence-electron chi connectivity index (χ1n) is 16.2. The summed E-state index contributed by atoms with van der Waals surface area (Å²) in [7, 11) is 0. The van der Waals surface area contributed by atoms with Crippen LogP contribution >= 0.6 is 0 Å². The molecule has 0 saturated carbocycles. The molecule has 6 rings (SSSR count). The highest BCUT2D eigenvalue weighted by Gasteiger charge is 2.52. The van der Waals surface area contributed by atoms with Gasteiger partial charge in [-0.05, 0) is 38.1 Å². The third-order valence-corrected chi connectivity index (χ3v) is 9.26. The molecule has 3 aliphatic rings. The van der Waals surface area contributed by atoms with E-state index in [9.17, 15) is 61.0 Å². The van der Waals surface area contributed by atoms with Gasteiger partial charge in [-0.1, -0.05) is 0 Å². The number of hydrogen-bond acceptors (Lipinski definition) is 19. The van der Waals surface area contributed by atoms with Crippen LogP contribution in [0.25, 0.3) is 22.3 Å². The molecule has 0 aliphatic carbocycles. The molecule has 0 spiro atoms. The van der Waals surface area contributed by atoms with Gasteiger partial charge in [0.1, 0.15) is 83.2 Å². The lowest BCUT2D eigenvalue weighted by Gasteiger charge is -2.46. The maximum Gasteiger partial charge on any atom is 0.239 e. The van der Waals surface area contributed by atoms with Gasteiger partial charge in [0.05, 0.1) is 18.8 Å². The quantitative estimate of drug-likeness (QED) is 0.113. The summed E-state index contributed by atoms with van der Waals surface area (Å²) in [5.41, 5.74) is -1.15. The summed E-state index contributed by atoms with van der Waals surface area (Å²) in [6, 6.07) is 7.16. The van der Waals surface area contributed by atoms with Gasteiger partial charge >= 0.3 is 0 Å². The molecular formula is C33H40O19. The molecule has 3 fully saturated rings. The standard InChI is InChI=1S/C33H40O19/c1-10-19(37)23(41)26(44)31(47-10)46-9-17-21(39)25(43)30(52-32-27(45)24(42)20(38)11(2)48-32)33(50-17)51-29-22(40)18-15(36)7-14(35)8-16(18)49-28(29)12-3-5-13(34)6-4-12/h3-8,10-11,17,19-21,23-27,30-39,41-45H,9H2,1-2H3/t10-,11-,17-,19-,20-,21-,23+,24+,25+,26+,27+,30-,31?,32?,33?/m1/s1. The van der Waals surface area contributed by atoms with Crippen LogP contribution in [0.4, 0.5) is 0 Å². The smallest absolute Gasteiger partial charge is 0.239 e. The zero-order chi connectivity index (χ0) is 37.8. The highest BCUT2D eigenvalue weighted by Crippen LogP contribution is 2.38. The fourth-order valence-electron chi connectivity index (χ4n) is 6.20. The number of aromatic hydroxyl groups is 3. The normalized spacial score (nSPS) is 38.3. The Morgan fingerprint density at radius 2 is 1.25 bits per heavy atom. The monoisotopic (exact) mass is 740 g/mol.